The Kier molecular flexibility index (Phi) is 7.11. The van der Waals surface area contributed by atoms with Crippen LogP contribution in [0.5, 0.6) is 5.75 Å². The summed E-state index contributed by atoms with van der Waals surface area (Å²) in [5, 5.41) is 15.0. The van der Waals surface area contributed by atoms with Gasteiger partial charge in [0.05, 0.1) is 16.7 Å². The Balaban J connectivity index is 1.88. The average molecular weight is 376 g/mol. The van der Waals surface area contributed by atoms with E-state index in [1.165, 1.54) is 30.0 Å². The maximum atomic E-state index is 11.8. The normalized spacial score (nSPS) is 10.7. The summed E-state index contributed by atoms with van der Waals surface area (Å²) in [6.45, 7) is 1.88. The molecule has 0 radical (unpaired) electrons. The molecule has 2 rings (SSSR count). The molecule has 0 unspecified atom stereocenters. The summed E-state index contributed by atoms with van der Waals surface area (Å²) in [5.41, 5.74) is 3.50. The van der Waals surface area contributed by atoms with Crippen molar-refractivity contribution in [3.63, 3.8) is 0 Å². The molecular formula is C18H18ClN3O4. The van der Waals surface area contributed by atoms with Crippen LogP contribution in [0.4, 0.5) is 5.69 Å². The lowest BCUT2D eigenvalue weighted by Crippen LogP contribution is -2.24. The number of hydrogen-bond donors (Lipinski definition) is 1. The van der Waals surface area contributed by atoms with Crippen LogP contribution in [0.3, 0.4) is 0 Å². The molecular weight excluding hydrogens is 358 g/mol. The van der Waals surface area contributed by atoms with Gasteiger partial charge in [0.2, 0.25) is 0 Å². The van der Waals surface area contributed by atoms with Crippen LogP contribution in [-0.2, 0) is 11.2 Å². The zero-order chi connectivity index (χ0) is 18.9. The number of aryl methyl sites for hydroxylation is 1. The first-order chi connectivity index (χ1) is 12.5. The molecule has 8 heteroatoms. The van der Waals surface area contributed by atoms with Gasteiger partial charge in [0.15, 0.2) is 6.61 Å². The van der Waals surface area contributed by atoms with Gasteiger partial charge in [-0.05, 0) is 36.2 Å². The molecule has 0 atom stereocenters. The summed E-state index contributed by atoms with van der Waals surface area (Å²) >= 11 is 5.82. The maximum Gasteiger partial charge on any atom is 0.278 e. The van der Waals surface area contributed by atoms with Crippen LogP contribution in [0.15, 0.2) is 47.6 Å². The molecule has 7 nitrogen and oxygen atoms in total. The average Bonchev–Trinajstić information content (AvgIpc) is 2.61. The van der Waals surface area contributed by atoms with Crippen molar-refractivity contribution in [1.82, 2.24) is 5.43 Å². The van der Waals surface area contributed by atoms with Crippen LogP contribution in [-0.4, -0.2) is 23.7 Å². The van der Waals surface area contributed by atoms with Crippen molar-refractivity contribution in [3.05, 3.63) is 68.7 Å². The zero-order valence-corrected chi connectivity index (χ0v) is 14.9. The Morgan fingerprint density at radius 3 is 2.69 bits per heavy atom. The number of hydrazone groups is 1. The van der Waals surface area contributed by atoms with Gasteiger partial charge < -0.3 is 4.74 Å². The summed E-state index contributed by atoms with van der Waals surface area (Å²) < 4.78 is 5.37. The Bertz CT molecular complexity index is 807. The minimum atomic E-state index is -0.551. The number of carbonyl (C=O) groups is 1. The molecule has 0 saturated carbocycles. The first-order valence-corrected chi connectivity index (χ1v) is 8.35. The van der Waals surface area contributed by atoms with E-state index in [0.29, 0.717) is 10.8 Å². The molecule has 0 aromatic heterocycles. The van der Waals surface area contributed by atoms with Crippen molar-refractivity contribution < 1.29 is 14.5 Å². The van der Waals surface area contributed by atoms with Crippen LogP contribution < -0.4 is 10.2 Å². The summed E-state index contributed by atoms with van der Waals surface area (Å²) in [7, 11) is 0. The second-order valence-corrected chi connectivity index (χ2v) is 5.87. The molecule has 0 aliphatic carbocycles. The van der Waals surface area contributed by atoms with Crippen LogP contribution >= 0.6 is 11.6 Å². The van der Waals surface area contributed by atoms with E-state index in [2.05, 4.69) is 17.5 Å². The van der Waals surface area contributed by atoms with E-state index in [1.807, 2.05) is 12.1 Å². The third kappa shape index (κ3) is 5.86. The number of nitro benzene ring substituents is 1. The van der Waals surface area contributed by atoms with Crippen molar-refractivity contribution in [1.29, 1.82) is 0 Å². The first kappa shape index (κ1) is 19.4. The van der Waals surface area contributed by atoms with Gasteiger partial charge in [0, 0.05) is 11.1 Å². The topological polar surface area (TPSA) is 93.8 Å². The van der Waals surface area contributed by atoms with Crippen LogP contribution in [0.2, 0.25) is 5.02 Å². The van der Waals surface area contributed by atoms with Crippen LogP contribution in [0.25, 0.3) is 0 Å². The third-order valence-electron chi connectivity index (χ3n) is 3.41. The van der Waals surface area contributed by atoms with E-state index in [1.54, 1.807) is 12.1 Å². The number of carbonyl (C=O) groups excluding carboxylic acids is 1. The van der Waals surface area contributed by atoms with Gasteiger partial charge in [-0.3, -0.25) is 14.9 Å². The Morgan fingerprint density at radius 2 is 2.04 bits per heavy atom. The highest BCUT2D eigenvalue weighted by molar-refractivity contribution is 6.31. The zero-order valence-electron chi connectivity index (χ0n) is 14.1. The first-order valence-electron chi connectivity index (χ1n) is 7.97. The number of nitro groups is 1. The minimum Gasteiger partial charge on any atom is -0.484 e. The highest BCUT2D eigenvalue weighted by atomic mass is 35.5. The maximum absolute atomic E-state index is 11.8. The Morgan fingerprint density at radius 1 is 1.31 bits per heavy atom. The Hall–Kier alpha value is -2.93. The highest BCUT2D eigenvalue weighted by Crippen LogP contribution is 2.21. The molecule has 0 saturated heterocycles. The van der Waals surface area contributed by atoms with Gasteiger partial charge >= 0.3 is 0 Å². The third-order valence-corrected chi connectivity index (χ3v) is 3.65. The van der Waals surface area contributed by atoms with Gasteiger partial charge in [-0.1, -0.05) is 37.1 Å². The van der Waals surface area contributed by atoms with E-state index < -0.39 is 10.8 Å². The molecule has 2 aromatic carbocycles. The molecule has 1 amide bonds. The van der Waals surface area contributed by atoms with E-state index in [4.69, 9.17) is 16.3 Å². The summed E-state index contributed by atoms with van der Waals surface area (Å²) in [4.78, 5) is 22.1. The van der Waals surface area contributed by atoms with E-state index in [9.17, 15) is 14.9 Å². The SMILES string of the molecule is CCCc1ccc(OCC(=O)NN=Cc2cc(Cl)ccc2[N+](=O)[O-])cc1. The lowest BCUT2D eigenvalue weighted by atomic mass is 10.1. The van der Waals surface area contributed by atoms with Gasteiger partial charge in [0.25, 0.3) is 11.6 Å². The molecule has 136 valence electrons. The second-order valence-electron chi connectivity index (χ2n) is 5.44. The number of benzene rings is 2. The standard InChI is InChI=1S/C18H18ClN3O4/c1-2-3-13-4-7-16(8-5-13)26-12-18(23)21-20-11-14-10-15(19)6-9-17(14)22(24)25/h4-11H,2-3,12H2,1H3,(H,21,23). The van der Waals surface area contributed by atoms with E-state index in [0.717, 1.165) is 12.8 Å². The summed E-state index contributed by atoms with van der Waals surface area (Å²) in [5.74, 6) is 0.0954. The highest BCUT2D eigenvalue weighted by Gasteiger charge is 2.12. The number of amides is 1. The second kappa shape index (κ2) is 9.53. The molecule has 0 bridgehead atoms. The van der Waals surface area contributed by atoms with Crippen LogP contribution in [0, 0.1) is 10.1 Å². The number of nitrogens with one attached hydrogen (secondary N) is 1. The number of halogens is 1. The lowest BCUT2D eigenvalue weighted by Gasteiger charge is -2.06. The number of rotatable bonds is 8. The monoisotopic (exact) mass is 375 g/mol. The van der Waals surface area contributed by atoms with Gasteiger partial charge in [-0.2, -0.15) is 5.10 Å². The number of nitrogens with zero attached hydrogens (tertiary/aromatic N) is 2. The molecule has 0 spiro atoms. The molecule has 0 fully saturated rings. The van der Waals surface area contributed by atoms with Crippen molar-refractivity contribution in [2.24, 2.45) is 5.10 Å². The smallest absolute Gasteiger partial charge is 0.278 e. The van der Waals surface area contributed by atoms with Crippen molar-refractivity contribution >= 4 is 29.4 Å². The number of hydrogen-bond acceptors (Lipinski definition) is 5. The molecule has 2 aromatic rings. The molecule has 0 aliphatic rings. The molecule has 1 N–H and O–H groups in total. The lowest BCUT2D eigenvalue weighted by molar-refractivity contribution is -0.385. The predicted octanol–water partition coefficient (Wildman–Crippen LogP) is 3.73. The van der Waals surface area contributed by atoms with Crippen LogP contribution in [0.1, 0.15) is 24.5 Å². The van der Waals surface area contributed by atoms with Crippen molar-refractivity contribution in [2.75, 3.05) is 6.61 Å². The quantitative estimate of drug-likeness (QED) is 0.432. The molecule has 0 heterocycles. The fraction of sp³-hybridized carbons (Fsp3) is 0.222. The van der Waals surface area contributed by atoms with Crippen molar-refractivity contribution in [3.8, 4) is 5.75 Å². The minimum absolute atomic E-state index is 0.157. The Labute approximate surface area is 155 Å². The fourth-order valence-electron chi connectivity index (χ4n) is 2.19. The fourth-order valence-corrected chi connectivity index (χ4v) is 2.37. The van der Waals surface area contributed by atoms with Gasteiger partial charge in [0.1, 0.15) is 5.75 Å². The molecule has 26 heavy (non-hydrogen) atoms. The predicted molar refractivity (Wildman–Crippen MR) is 99.8 cm³/mol. The summed E-state index contributed by atoms with van der Waals surface area (Å²) in [6, 6.07) is 11.6. The largest absolute Gasteiger partial charge is 0.484 e. The number of ether oxygens (including phenoxy) is 1. The van der Waals surface area contributed by atoms with Crippen molar-refractivity contribution in [2.45, 2.75) is 19.8 Å². The van der Waals surface area contributed by atoms with E-state index in [-0.39, 0.29) is 17.9 Å². The molecule has 0 aliphatic heterocycles. The van der Waals surface area contributed by atoms with Gasteiger partial charge in [-0.25, -0.2) is 5.43 Å². The summed E-state index contributed by atoms with van der Waals surface area (Å²) in [6.07, 6.45) is 3.22. The van der Waals surface area contributed by atoms with Gasteiger partial charge in [-0.15, -0.1) is 0 Å². The van der Waals surface area contributed by atoms with E-state index >= 15 is 0 Å².